The number of halogens is 4. The van der Waals surface area contributed by atoms with Crippen LogP contribution in [0.4, 0.5) is 17.6 Å². The molecule has 2 aromatic carbocycles. The van der Waals surface area contributed by atoms with Gasteiger partial charge < -0.3 is 5.11 Å². The third-order valence-electron chi connectivity index (χ3n) is 5.18. The molecule has 0 fully saturated rings. The van der Waals surface area contributed by atoms with Gasteiger partial charge in [0.1, 0.15) is 23.0 Å². The predicted octanol–water partition coefficient (Wildman–Crippen LogP) is 5.42. The molecule has 0 bridgehead atoms. The van der Waals surface area contributed by atoms with Gasteiger partial charge >= 0.3 is 6.18 Å². The van der Waals surface area contributed by atoms with Crippen LogP contribution in [0.15, 0.2) is 73.2 Å². The Morgan fingerprint density at radius 1 is 0.853 bits per heavy atom. The van der Waals surface area contributed by atoms with Gasteiger partial charge in [-0.1, -0.05) is 18.2 Å². The second-order valence-electron chi connectivity index (χ2n) is 7.55. The standard InChI is InChI=1S/C24H15F4N5O/c25-19-4-2-1-3-17(19)23-31-21-11-30-33(13-22(21)32-23)12-14-5-8-20(29-10-14)16-7-6-15(34)9-18(16)24(26,27)28/h1-11,13,34H,12H2. The Balaban J connectivity index is 1.40. The predicted molar refractivity (Wildman–Crippen MR) is 115 cm³/mol. The van der Waals surface area contributed by atoms with E-state index in [0.717, 1.165) is 0 Å². The minimum Gasteiger partial charge on any atom is -0.508 e. The minimum atomic E-state index is -4.63. The first-order valence-corrected chi connectivity index (χ1v) is 10.1. The van der Waals surface area contributed by atoms with E-state index in [9.17, 15) is 22.7 Å². The average Bonchev–Trinajstić information content (AvgIpc) is 3.22. The molecule has 34 heavy (non-hydrogen) atoms. The maximum absolute atomic E-state index is 14.1. The largest absolute Gasteiger partial charge is 0.508 e. The highest BCUT2D eigenvalue weighted by atomic mass is 19.4. The number of nitrogens with zero attached hydrogens (tertiary/aromatic N) is 5. The number of pyridine rings is 1. The molecule has 0 spiro atoms. The lowest BCUT2D eigenvalue weighted by molar-refractivity contribution is -0.137. The van der Waals surface area contributed by atoms with E-state index in [0.29, 0.717) is 23.0 Å². The van der Waals surface area contributed by atoms with Crippen molar-refractivity contribution in [2.45, 2.75) is 12.7 Å². The van der Waals surface area contributed by atoms with E-state index in [1.165, 1.54) is 36.7 Å². The summed E-state index contributed by atoms with van der Waals surface area (Å²) in [6.45, 7) is 0.285. The fraction of sp³-hybridized carbons (Fsp3) is 0.0833. The summed E-state index contributed by atoms with van der Waals surface area (Å²) in [6, 6.07) is 12.4. The average molecular weight is 465 g/mol. The van der Waals surface area contributed by atoms with Crippen LogP contribution in [0.25, 0.3) is 34.0 Å². The fourth-order valence-electron chi connectivity index (χ4n) is 3.57. The normalized spacial score (nSPS) is 11.8. The SMILES string of the molecule is Oc1ccc(-c2ccc(Cn3cc4nc(-c5ccccc5F)nc-4cn3)cn2)c(C(F)(F)F)c1. The molecule has 10 heteroatoms. The maximum atomic E-state index is 14.1. The van der Waals surface area contributed by atoms with Crippen LogP contribution in [0.1, 0.15) is 11.1 Å². The van der Waals surface area contributed by atoms with Crippen LogP contribution >= 0.6 is 0 Å². The molecule has 3 aromatic rings. The van der Waals surface area contributed by atoms with Crippen molar-refractivity contribution in [2.75, 3.05) is 0 Å². The first-order valence-electron chi connectivity index (χ1n) is 10.1. The first-order chi connectivity index (χ1) is 16.3. The Morgan fingerprint density at radius 3 is 2.38 bits per heavy atom. The zero-order chi connectivity index (χ0) is 23.9. The summed E-state index contributed by atoms with van der Waals surface area (Å²) in [5.74, 6) is -0.639. The Morgan fingerprint density at radius 2 is 1.65 bits per heavy atom. The molecule has 5 rings (SSSR count). The number of imidazole rings is 1. The van der Waals surface area contributed by atoms with Gasteiger partial charge in [-0.05, 0) is 42.0 Å². The van der Waals surface area contributed by atoms with Crippen LogP contribution in [-0.2, 0) is 12.7 Å². The van der Waals surface area contributed by atoms with Crippen molar-refractivity contribution in [1.82, 2.24) is 24.7 Å². The molecule has 6 nitrogen and oxygen atoms in total. The Hall–Kier alpha value is -4.34. The van der Waals surface area contributed by atoms with E-state index in [2.05, 4.69) is 20.1 Å². The van der Waals surface area contributed by atoms with Crippen molar-refractivity contribution in [3.8, 4) is 39.8 Å². The van der Waals surface area contributed by atoms with Gasteiger partial charge in [-0.15, -0.1) is 0 Å². The summed E-state index contributed by atoms with van der Waals surface area (Å²) in [7, 11) is 0. The number of benzene rings is 2. The highest BCUT2D eigenvalue weighted by Crippen LogP contribution is 2.38. The molecule has 1 aromatic heterocycles. The number of fused-ring (bicyclic) bond motifs is 1. The van der Waals surface area contributed by atoms with Gasteiger partial charge in [-0.25, -0.2) is 14.4 Å². The lowest BCUT2D eigenvalue weighted by Crippen LogP contribution is -2.08. The molecule has 2 aliphatic heterocycles. The molecular formula is C24H15F4N5O. The van der Waals surface area contributed by atoms with E-state index in [1.807, 2.05) is 0 Å². The van der Waals surface area contributed by atoms with Crippen molar-refractivity contribution >= 4 is 0 Å². The topological polar surface area (TPSA) is 76.7 Å². The van der Waals surface area contributed by atoms with Gasteiger partial charge in [0, 0.05) is 11.8 Å². The first kappa shape index (κ1) is 21.5. The number of aromatic hydroxyl groups is 1. The van der Waals surface area contributed by atoms with Crippen LogP contribution in [-0.4, -0.2) is 29.8 Å². The number of rotatable bonds is 4. The van der Waals surface area contributed by atoms with Crippen LogP contribution in [0.2, 0.25) is 0 Å². The van der Waals surface area contributed by atoms with Gasteiger partial charge in [-0.2, -0.15) is 18.3 Å². The maximum Gasteiger partial charge on any atom is 0.417 e. The fourth-order valence-corrected chi connectivity index (χ4v) is 3.57. The van der Waals surface area contributed by atoms with Crippen molar-refractivity contribution < 1.29 is 22.7 Å². The molecule has 0 amide bonds. The number of alkyl halides is 3. The van der Waals surface area contributed by atoms with Crippen LogP contribution < -0.4 is 0 Å². The van der Waals surface area contributed by atoms with E-state index in [4.69, 9.17) is 0 Å². The third kappa shape index (κ3) is 4.17. The highest BCUT2D eigenvalue weighted by Gasteiger charge is 2.34. The summed E-state index contributed by atoms with van der Waals surface area (Å²) < 4.78 is 55.7. The van der Waals surface area contributed by atoms with Crippen LogP contribution in [0.3, 0.4) is 0 Å². The summed E-state index contributed by atoms with van der Waals surface area (Å²) in [4.78, 5) is 12.9. The van der Waals surface area contributed by atoms with Gasteiger partial charge in [0.2, 0.25) is 0 Å². The lowest BCUT2D eigenvalue weighted by Gasteiger charge is -2.13. The van der Waals surface area contributed by atoms with Crippen molar-refractivity contribution in [3.05, 3.63) is 90.1 Å². The van der Waals surface area contributed by atoms with E-state index in [-0.39, 0.29) is 29.2 Å². The highest BCUT2D eigenvalue weighted by molar-refractivity contribution is 5.66. The third-order valence-corrected chi connectivity index (χ3v) is 5.18. The van der Waals surface area contributed by atoms with E-state index < -0.39 is 23.3 Å². The van der Waals surface area contributed by atoms with Gasteiger partial charge in [-0.3, -0.25) is 9.67 Å². The molecule has 3 heterocycles. The zero-order valence-corrected chi connectivity index (χ0v) is 17.3. The monoisotopic (exact) mass is 465 g/mol. The molecule has 0 aliphatic carbocycles. The molecule has 2 aliphatic rings. The summed E-state index contributed by atoms with van der Waals surface area (Å²) >= 11 is 0. The van der Waals surface area contributed by atoms with Crippen LogP contribution in [0.5, 0.6) is 5.75 Å². The zero-order valence-electron chi connectivity index (χ0n) is 17.3. The molecule has 0 saturated heterocycles. The second kappa shape index (κ2) is 8.22. The van der Waals surface area contributed by atoms with Crippen molar-refractivity contribution in [1.29, 1.82) is 0 Å². The quantitative estimate of drug-likeness (QED) is 0.359. The number of phenolic OH excluding ortho intramolecular Hbond substituents is 1. The molecule has 1 N–H and O–H groups in total. The van der Waals surface area contributed by atoms with E-state index >= 15 is 0 Å². The lowest BCUT2D eigenvalue weighted by atomic mass is 10.0. The molecule has 0 radical (unpaired) electrons. The van der Waals surface area contributed by atoms with E-state index in [1.54, 1.807) is 35.1 Å². The van der Waals surface area contributed by atoms with Gasteiger partial charge in [0.05, 0.1) is 35.8 Å². The Kier molecular flexibility index (Phi) is 5.20. The minimum absolute atomic E-state index is 0.126. The Bertz CT molecular complexity index is 1450. The van der Waals surface area contributed by atoms with Gasteiger partial charge in [0.15, 0.2) is 5.82 Å². The second-order valence-corrected chi connectivity index (χ2v) is 7.55. The number of phenols is 1. The molecule has 0 atom stereocenters. The molecular weight excluding hydrogens is 450 g/mol. The molecule has 170 valence electrons. The summed E-state index contributed by atoms with van der Waals surface area (Å²) in [6.07, 6.45) is -0.00276. The summed E-state index contributed by atoms with van der Waals surface area (Å²) in [5, 5.41) is 13.7. The Labute approximate surface area is 190 Å². The molecule has 0 saturated carbocycles. The number of hydrogen-bond donors (Lipinski definition) is 1. The number of aromatic nitrogens is 5. The summed E-state index contributed by atoms with van der Waals surface area (Å²) in [5.41, 5.74) is 1.05. The van der Waals surface area contributed by atoms with Crippen molar-refractivity contribution in [2.24, 2.45) is 0 Å². The van der Waals surface area contributed by atoms with Crippen molar-refractivity contribution in [3.63, 3.8) is 0 Å². The van der Waals surface area contributed by atoms with Gasteiger partial charge in [0.25, 0.3) is 0 Å². The number of hydrogen-bond acceptors (Lipinski definition) is 5. The van der Waals surface area contributed by atoms with Crippen LogP contribution in [0, 0.1) is 5.82 Å². The molecule has 0 unspecified atom stereocenters. The smallest absolute Gasteiger partial charge is 0.417 e.